The summed E-state index contributed by atoms with van der Waals surface area (Å²) in [5, 5.41) is 11.7. The second-order valence-corrected chi connectivity index (χ2v) is 5.91. The molecule has 1 aliphatic heterocycles. The van der Waals surface area contributed by atoms with E-state index in [-0.39, 0.29) is 18.4 Å². The summed E-state index contributed by atoms with van der Waals surface area (Å²) >= 11 is 1.36. The van der Waals surface area contributed by atoms with Crippen LogP contribution in [-0.2, 0) is 4.79 Å². The Morgan fingerprint density at radius 1 is 1.53 bits per heavy atom. The third-order valence-electron chi connectivity index (χ3n) is 3.43. The summed E-state index contributed by atoms with van der Waals surface area (Å²) in [5.41, 5.74) is -0.730. The lowest BCUT2D eigenvalue weighted by molar-refractivity contribution is -0.156. The number of nitrogens with zero attached hydrogens (tertiary/aromatic N) is 2. The predicted molar refractivity (Wildman–Crippen MR) is 73.1 cm³/mol. The average molecular weight is 282 g/mol. The van der Waals surface area contributed by atoms with Gasteiger partial charge in [0.05, 0.1) is 30.1 Å². The molecule has 5 nitrogen and oxygen atoms in total. The Morgan fingerprint density at radius 3 is 2.74 bits per heavy atom. The smallest absolute Gasteiger partial charge is 0.264 e. The van der Waals surface area contributed by atoms with Gasteiger partial charge in [-0.2, -0.15) is 0 Å². The number of likely N-dealkylation sites (tertiary alicyclic amines) is 1. The van der Waals surface area contributed by atoms with Gasteiger partial charge in [-0.1, -0.05) is 13.0 Å². The summed E-state index contributed by atoms with van der Waals surface area (Å²) in [4.78, 5) is 27.5. The Labute approximate surface area is 116 Å². The number of likely N-dealkylation sites (N-methyl/N-ethyl adjacent to an activating group) is 1. The van der Waals surface area contributed by atoms with Gasteiger partial charge in [0, 0.05) is 7.05 Å². The highest BCUT2D eigenvalue weighted by molar-refractivity contribution is 7.12. The van der Waals surface area contributed by atoms with Crippen LogP contribution in [0.2, 0.25) is 0 Å². The number of thiophene rings is 1. The molecule has 1 aromatic rings. The van der Waals surface area contributed by atoms with E-state index in [1.165, 1.54) is 16.2 Å². The minimum Gasteiger partial charge on any atom is -0.386 e. The van der Waals surface area contributed by atoms with E-state index >= 15 is 0 Å². The monoisotopic (exact) mass is 282 g/mol. The first kappa shape index (κ1) is 14.0. The van der Waals surface area contributed by atoms with Crippen molar-refractivity contribution in [3.8, 4) is 0 Å². The lowest BCUT2D eigenvalue weighted by Crippen LogP contribution is -2.64. The zero-order valence-electron chi connectivity index (χ0n) is 11.1. The Morgan fingerprint density at radius 2 is 2.21 bits per heavy atom. The number of rotatable bonds is 4. The predicted octanol–water partition coefficient (Wildman–Crippen LogP) is 0.803. The van der Waals surface area contributed by atoms with Crippen molar-refractivity contribution in [2.24, 2.45) is 0 Å². The quantitative estimate of drug-likeness (QED) is 0.888. The van der Waals surface area contributed by atoms with Crippen LogP contribution in [-0.4, -0.2) is 59.0 Å². The highest BCUT2D eigenvalue weighted by atomic mass is 32.1. The molecule has 0 atom stereocenters. The molecular formula is C13H18N2O3S. The summed E-state index contributed by atoms with van der Waals surface area (Å²) in [7, 11) is 1.62. The minimum absolute atomic E-state index is 0.0521. The molecule has 1 aliphatic rings. The van der Waals surface area contributed by atoms with Crippen LogP contribution >= 0.6 is 11.3 Å². The van der Waals surface area contributed by atoms with Crippen LogP contribution in [0.25, 0.3) is 0 Å². The summed E-state index contributed by atoms with van der Waals surface area (Å²) < 4.78 is 0. The van der Waals surface area contributed by atoms with Crippen LogP contribution in [0.1, 0.15) is 23.0 Å². The van der Waals surface area contributed by atoms with E-state index in [4.69, 9.17) is 0 Å². The number of carbonyl (C=O) groups excluding carboxylic acids is 2. The van der Waals surface area contributed by atoms with Gasteiger partial charge in [0.2, 0.25) is 5.91 Å². The van der Waals surface area contributed by atoms with Gasteiger partial charge in [-0.25, -0.2) is 0 Å². The van der Waals surface area contributed by atoms with Gasteiger partial charge >= 0.3 is 0 Å². The van der Waals surface area contributed by atoms with E-state index in [0.717, 1.165) is 0 Å². The number of carbonyl (C=O) groups is 2. The SMILES string of the molecule is CCC1(O)CN(C(=O)CN(C)C(=O)c2cccs2)C1. The van der Waals surface area contributed by atoms with E-state index < -0.39 is 5.60 Å². The van der Waals surface area contributed by atoms with E-state index in [1.54, 1.807) is 18.0 Å². The van der Waals surface area contributed by atoms with Gasteiger partial charge in [0.15, 0.2) is 0 Å². The van der Waals surface area contributed by atoms with E-state index in [0.29, 0.717) is 24.4 Å². The molecule has 0 bridgehead atoms. The molecule has 19 heavy (non-hydrogen) atoms. The number of aliphatic hydroxyl groups is 1. The molecule has 2 amide bonds. The maximum atomic E-state index is 12.0. The van der Waals surface area contributed by atoms with Crippen LogP contribution in [0, 0.1) is 0 Å². The number of hydrogen-bond acceptors (Lipinski definition) is 4. The van der Waals surface area contributed by atoms with E-state index in [1.807, 2.05) is 18.4 Å². The van der Waals surface area contributed by atoms with Gasteiger partial charge in [0.1, 0.15) is 0 Å². The zero-order chi connectivity index (χ0) is 14.0. The van der Waals surface area contributed by atoms with E-state index in [2.05, 4.69) is 0 Å². The summed E-state index contributed by atoms with van der Waals surface area (Å²) in [6.45, 7) is 2.68. The minimum atomic E-state index is -0.730. The van der Waals surface area contributed by atoms with Crippen LogP contribution < -0.4 is 0 Å². The molecule has 0 aliphatic carbocycles. The molecular weight excluding hydrogens is 264 g/mol. The number of β-amino-alcohol motifs (C(OH)–C–C–N with tert-alkyl or cyclic N) is 1. The molecule has 6 heteroatoms. The topological polar surface area (TPSA) is 60.9 Å². The van der Waals surface area contributed by atoms with Crippen molar-refractivity contribution in [2.45, 2.75) is 18.9 Å². The maximum Gasteiger partial charge on any atom is 0.264 e. The lowest BCUT2D eigenvalue weighted by atomic mass is 9.91. The van der Waals surface area contributed by atoms with E-state index in [9.17, 15) is 14.7 Å². The number of hydrogen-bond donors (Lipinski definition) is 1. The first-order valence-electron chi connectivity index (χ1n) is 6.24. The fourth-order valence-corrected chi connectivity index (χ4v) is 2.74. The molecule has 104 valence electrons. The molecule has 1 saturated heterocycles. The normalized spacial score (nSPS) is 16.9. The van der Waals surface area contributed by atoms with Crippen molar-refractivity contribution in [3.63, 3.8) is 0 Å². The fraction of sp³-hybridized carbons (Fsp3) is 0.538. The van der Waals surface area contributed by atoms with Crippen molar-refractivity contribution in [1.82, 2.24) is 9.80 Å². The average Bonchev–Trinajstić information content (AvgIpc) is 2.87. The third kappa shape index (κ3) is 2.96. The first-order chi connectivity index (χ1) is 8.95. The van der Waals surface area contributed by atoms with Crippen LogP contribution in [0.5, 0.6) is 0 Å². The molecule has 1 aromatic heterocycles. The van der Waals surface area contributed by atoms with Gasteiger partial charge in [-0.15, -0.1) is 11.3 Å². The van der Waals surface area contributed by atoms with Gasteiger partial charge in [0.25, 0.3) is 5.91 Å². The van der Waals surface area contributed by atoms with Gasteiger partial charge in [-0.05, 0) is 17.9 Å². The van der Waals surface area contributed by atoms with Crippen LogP contribution in [0.15, 0.2) is 17.5 Å². The zero-order valence-corrected chi connectivity index (χ0v) is 11.9. The molecule has 2 rings (SSSR count). The van der Waals surface area contributed by atoms with Crippen molar-refractivity contribution in [1.29, 1.82) is 0 Å². The number of amides is 2. The summed E-state index contributed by atoms with van der Waals surface area (Å²) in [6.07, 6.45) is 0.640. The molecule has 0 spiro atoms. The Kier molecular flexibility index (Phi) is 3.91. The van der Waals surface area contributed by atoms with Crippen LogP contribution in [0.3, 0.4) is 0 Å². The second-order valence-electron chi connectivity index (χ2n) is 4.97. The van der Waals surface area contributed by atoms with Gasteiger partial charge in [-0.3, -0.25) is 9.59 Å². The molecule has 0 aromatic carbocycles. The Balaban J connectivity index is 1.85. The lowest BCUT2D eigenvalue weighted by Gasteiger charge is -2.46. The molecule has 1 N–H and O–H groups in total. The Bertz CT molecular complexity index is 466. The highest BCUT2D eigenvalue weighted by Gasteiger charge is 2.42. The third-order valence-corrected chi connectivity index (χ3v) is 4.29. The molecule has 1 fully saturated rings. The molecule has 2 heterocycles. The van der Waals surface area contributed by atoms with Crippen molar-refractivity contribution < 1.29 is 14.7 Å². The Hall–Kier alpha value is -1.40. The van der Waals surface area contributed by atoms with Crippen LogP contribution in [0.4, 0.5) is 0 Å². The summed E-state index contributed by atoms with van der Waals surface area (Å²) in [6, 6.07) is 3.55. The van der Waals surface area contributed by atoms with Crippen molar-refractivity contribution in [2.75, 3.05) is 26.7 Å². The van der Waals surface area contributed by atoms with Crippen molar-refractivity contribution in [3.05, 3.63) is 22.4 Å². The molecule has 0 unspecified atom stereocenters. The largest absolute Gasteiger partial charge is 0.386 e. The first-order valence-corrected chi connectivity index (χ1v) is 7.12. The second kappa shape index (κ2) is 5.30. The van der Waals surface area contributed by atoms with Crippen molar-refractivity contribution >= 4 is 23.2 Å². The molecule has 0 radical (unpaired) electrons. The molecule has 0 saturated carbocycles. The van der Waals surface area contributed by atoms with Gasteiger partial charge < -0.3 is 14.9 Å². The fourth-order valence-electron chi connectivity index (χ4n) is 2.03. The maximum absolute atomic E-state index is 12.0. The highest BCUT2D eigenvalue weighted by Crippen LogP contribution is 2.24. The summed E-state index contributed by atoms with van der Waals surface area (Å²) in [5.74, 6) is -0.264. The standard InChI is InChI=1S/C13H18N2O3S/c1-3-13(18)8-15(9-13)11(16)7-14(2)12(17)10-5-4-6-19-10/h4-6,18H,3,7-9H2,1-2H3.